The lowest BCUT2D eigenvalue weighted by atomic mass is 10.1. The molecule has 0 bridgehead atoms. The highest BCUT2D eigenvalue weighted by Gasteiger charge is 2.21. The Morgan fingerprint density at radius 1 is 1.04 bits per heavy atom. The minimum absolute atomic E-state index is 0.00565. The van der Waals surface area contributed by atoms with Gasteiger partial charge in [0.15, 0.2) is 6.10 Å². The zero-order chi connectivity index (χ0) is 18.7. The van der Waals surface area contributed by atoms with Crippen molar-refractivity contribution in [2.45, 2.75) is 13.0 Å². The van der Waals surface area contributed by atoms with E-state index in [-0.39, 0.29) is 11.3 Å². The van der Waals surface area contributed by atoms with E-state index >= 15 is 0 Å². The molecule has 0 aliphatic carbocycles. The second-order valence-electron chi connectivity index (χ2n) is 5.76. The SMILES string of the molecule is C[C@H](OC(=O)c1cc2ccccc2cc1O)C(=O)Nc1cccc(Cl)c1. The van der Waals surface area contributed by atoms with Crippen molar-refractivity contribution in [1.82, 2.24) is 0 Å². The number of ether oxygens (including phenoxy) is 1. The third-order valence-electron chi connectivity index (χ3n) is 3.83. The fraction of sp³-hybridized carbons (Fsp3) is 0.100. The maximum Gasteiger partial charge on any atom is 0.342 e. The number of amides is 1. The number of phenolic OH excluding ortho intramolecular Hbond substituents is 1. The molecular weight excluding hydrogens is 354 g/mol. The van der Waals surface area contributed by atoms with E-state index in [2.05, 4.69) is 5.32 Å². The van der Waals surface area contributed by atoms with Crippen LogP contribution in [0.3, 0.4) is 0 Å². The number of carbonyl (C=O) groups is 2. The molecule has 6 heteroatoms. The molecule has 0 heterocycles. The van der Waals surface area contributed by atoms with Gasteiger partial charge >= 0.3 is 5.97 Å². The van der Waals surface area contributed by atoms with E-state index in [9.17, 15) is 14.7 Å². The molecule has 26 heavy (non-hydrogen) atoms. The van der Waals surface area contributed by atoms with Gasteiger partial charge in [0.2, 0.25) is 0 Å². The molecule has 1 amide bonds. The molecule has 0 saturated heterocycles. The number of phenols is 1. The van der Waals surface area contributed by atoms with Gasteiger partial charge in [-0.1, -0.05) is 41.9 Å². The predicted molar refractivity (Wildman–Crippen MR) is 101 cm³/mol. The highest BCUT2D eigenvalue weighted by atomic mass is 35.5. The number of nitrogens with one attached hydrogen (secondary N) is 1. The highest BCUT2D eigenvalue weighted by Crippen LogP contribution is 2.26. The smallest absolute Gasteiger partial charge is 0.342 e. The maximum atomic E-state index is 12.3. The largest absolute Gasteiger partial charge is 0.507 e. The average Bonchev–Trinajstić information content (AvgIpc) is 2.61. The van der Waals surface area contributed by atoms with Crippen LogP contribution < -0.4 is 5.32 Å². The molecule has 2 N–H and O–H groups in total. The highest BCUT2D eigenvalue weighted by molar-refractivity contribution is 6.30. The average molecular weight is 370 g/mol. The fourth-order valence-corrected chi connectivity index (χ4v) is 2.67. The molecule has 0 aliphatic heterocycles. The quantitative estimate of drug-likeness (QED) is 0.669. The van der Waals surface area contributed by atoms with E-state index in [1.807, 2.05) is 24.3 Å². The van der Waals surface area contributed by atoms with Gasteiger partial charge in [-0.25, -0.2) is 4.79 Å². The van der Waals surface area contributed by atoms with Gasteiger partial charge in [-0.15, -0.1) is 0 Å². The Bertz CT molecular complexity index is 986. The molecule has 0 aliphatic rings. The van der Waals surface area contributed by atoms with E-state index in [0.29, 0.717) is 10.7 Å². The molecule has 0 spiro atoms. The molecule has 5 nitrogen and oxygen atoms in total. The maximum absolute atomic E-state index is 12.3. The van der Waals surface area contributed by atoms with Gasteiger partial charge < -0.3 is 15.2 Å². The van der Waals surface area contributed by atoms with Crippen LogP contribution in [0.2, 0.25) is 5.02 Å². The van der Waals surface area contributed by atoms with Gasteiger partial charge in [-0.2, -0.15) is 0 Å². The van der Waals surface area contributed by atoms with Crippen LogP contribution in [0.5, 0.6) is 5.75 Å². The van der Waals surface area contributed by atoms with Crippen molar-refractivity contribution in [1.29, 1.82) is 0 Å². The Kier molecular flexibility index (Phi) is 5.09. The molecule has 3 aromatic rings. The van der Waals surface area contributed by atoms with Gasteiger partial charge in [-0.05, 0) is 48.0 Å². The summed E-state index contributed by atoms with van der Waals surface area (Å²) < 4.78 is 5.19. The van der Waals surface area contributed by atoms with Crippen LogP contribution in [0.4, 0.5) is 5.69 Å². The minimum Gasteiger partial charge on any atom is -0.507 e. The molecule has 132 valence electrons. The monoisotopic (exact) mass is 369 g/mol. The number of carbonyl (C=O) groups excluding carboxylic acids is 2. The lowest BCUT2D eigenvalue weighted by Crippen LogP contribution is -2.30. The first-order valence-corrected chi connectivity index (χ1v) is 8.31. The summed E-state index contributed by atoms with van der Waals surface area (Å²) in [6.45, 7) is 1.45. The number of hydrogen-bond donors (Lipinski definition) is 2. The topological polar surface area (TPSA) is 75.6 Å². The Labute approximate surface area is 155 Å². The summed E-state index contributed by atoms with van der Waals surface area (Å²) in [7, 11) is 0. The number of anilines is 1. The Morgan fingerprint density at radius 2 is 1.73 bits per heavy atom. The standard InChI is InChI=1S/C20H16ClNO4/c1-12(19(24)22-16-8-4-7-15(21)11-16)26-20(25)17-9-13-5-2-3-6-14(13)10-18(17)23/h2-12,23H,1H3,(H,22,24)/t12-/m0/s1. The zero-order valence-electron chi connectivity index (χ0n) is 13.9. The van der Waals surface area contributed by atoms with Crippen molar-refractivity contribution >= 4 is 39.9 Å². The van der Waals surface area contributed by atoms with Crippen LogP contribution in [-0.4, -0.2) is 23.1 Å². The molecule has 1 atom stereocenters. The molecule has 0 aromatic heterocycles. The van der Waals surface area contributed by atoms with Crippen molar-refractivity contribution in [2.75, 3.05) is 5.32 Å². The van der Waals surface area contributed by atoms with E-state index in [4.69, 9.17) is 16.3 Å². The first-order valence-electron chi connectivity index (χ1n) is 7.93. The van der Waals surface area contributed by atoms with Crippen molar-refractivity contribution in [3.05, 3.63) is 71.2 Å². The summed E-state index contributed by atoms with van der Waals surface area (Å²) in [6.07, 6.45) is -1.05. The van der Waals surface area contributed by atoms with E-state index in [1.54, 1.807) is 24.3 Å². The third kappa shape index (κ3) is 3.95. The van der Waals surface area contributed by atoms with Gasteiger partial charge in [0.05, 0.1) is 0 Å². The zero-order valence-corrected chi connectivity index (χ0v) is 14.7. The van der Waals surface area contributed by atoms with E-state index < -0.39 is 18.0 Å². The summed E-state index contributed by atoms with van der Waals surface area (Å²) in [6, 6.07) is 17.0. The van der Waals surface area contributed by atoms with E-state index in [0.717, 1.165) is 10.8 Å². The van der Waals surface area contributed by atoms with Crippen LogP contribution in [-0.2, 0) is 9.53 Å². The summed E-state index contributed by atoms with van der Waals surface area (Å²) in [5, 5.41) is 14.8. The number of rotatable bonds is 4. The Balaban J connectivity index is 1.72. The van der Waals surface area contributed by atoms with Crippen LogP contribution in [0, 0.1) is 0 Å². The lowest BCUT2D eigenvalue weighted by Gasteiger charge is -2.14. The fourth-order valence-electron chi connectivity index (χ4n) is 2.48. The summed E-state index contributed by atoms with van der Waals surface area (Å²) in [5.74, 6) is -1.47. The van der Waals surface area contributed by atoms with Crippen LogP contribution in [0.25, 0.3) is 10.8 Å². The van der Waals surface area contributed by atoms with Crippen molar-refractivity contribution in [3.63, 3.8) is 0 Å². The van der Waals surface area contributed by atoms with Crippen LogP contribution in [0.15, 0.2) is 60.7 Å². The predicted octanol–water partition coefficient (Wildman–Crippen LogP) is 4.38. The van der Waals surface area contributed by atoms with Crippen molar-refractivity contribution in [3.8, 4) is 5.75 Å². The summed E-state index contributed by atoms with van der Waals surface area (Å²) in [5.41, 5.74) is 0.505. The molecule has 3 aromatic carbocycles. The van der Waals surface area contributed by atoms with Crippen molar-refractivity contribution < 1.29 is 19.4 Å². The first-order chi connectivity index (χ1) is 12.4. The first kappa shape index (κ1) is 17.8. The Morgan fingerprint density at radius 3 is 2.42 bits per heavy atom. The third-order valence-corrected chi connectivity index (χ3v) is 4.06. The number of fused-ring (bicyclic) bond motifs is 1. The molecule has 0 unspecified atom stereocenters. The van der Waals surface area contributed by atoms with Gasteiger partial charge in [0, 0.05) is 10.7 Å². The second-order valence-corrected chi connectivity index (χ2v) is 6.20. The molecule has 0 fully saturated rings. The minimum atomic E-state index is -1.05. The van der Waals surface area contributed by atoms with Crippen molar-refractivity contribution in [2.24, 2.45) is 0 Å². The normalized spacial score (nSPS) is 11.8. The number of aromatic hydroxyl groups is 1. The van der Waals surface area contributed by atoms with E-state index in [1.165, 1.54) is 19.1 Å². The van der Waals surface area contributed by atoms with Gasteiger partial charge in [0.1, 0.15) is 11.3 Å². The van der Waals surface area contributed by atoms with Gasteiger partial charge in [-0.3, -0.25) is 4.79 Å². The molecular formula is C20H16ClNO4. The van der Waals surface area contributed by atoms with Gasteiger partial charge in [0.25, 0.3) is 5.91 Å². The molecule has 0 radical (unpaired) electrons. The second kappa shape index (κ2) is 7.45. The lowest BCUT2D eigenvalue weighted by molar-refractivity contribution is -0.123. The molecule has 0 saturated carbocycles. The number of esters is 1. The van der Waals surface area contributed by atoms with Crippen LogP contribution >= 0.6 is 11.6 Å². The van der Waals surface area contributed by atoms with Crippen LogP contribution in [0.1, 0.15) is 17.3 Å². The number of halogens is 1. The number of benzene rings is 3. The Hall–Kier alpha value is -3.05. The summed E-state index contributed by atoms with van der Waals surface area (Å²) in [4.78, 5) is 24.5. The summed E-state index contributed by atoms with van der Waals surface area (Å²) >= 11 is 5.87. The molecule has 3 rings (SSSR count). The number of hydrogen-bond acceptors (Lipinski definition) is 4.